The van der Waals surface area contributed by atoms with E-state index in [2.05, 4.69) is 20.3 Å². The molecule has 2 aromatic heterocycles. The van der Waals surface area contributed by atoms with E-state index >= 15 is 0 Å². The molecule has 4 rings (SSSR count). The zero-order valence-corrected chi connectivity index (χ0v) is 23.6. The first kappa shape index (κ1) is 30.5. The number of methoxy groups -OCH3 is 1. The summed E-state index contributed by atoms with van der Waals surface area (Å²) in [6.07, 6.45) is -3.13. The first-order chi connectivity index (χ1) is 20.0. The molecule has 2 aromatic carbocycles. The minimum atomic E-state index is -4.50. The summed E-state index contributed by atoms with van der Waals surface area (Å²) < 4.78 is 52.5. The van der Waals surface area contributed by atoms with Crippen LogP contribution in [0.1, 0.15) is 0 Å². The highest BCUT2D eigenvalue weighted by Crippen LogP contribution is 2.39. The van der Waals surface area contributed by atoms with Crippen LogP contribution in [0.25, 0.3) is 22.6 Å². The highest BCUT2D eigenvalue weighted by Gasteiger charge is 2.31. The third-order valence-electron chi connectivity index (χ3n) is 6.24. The van der Waals surface area contributed by atoms with Crippen LogP contribution in [0.5, 0.6) is 5.75 Å². The molecule has 0 aliphatic heterocycles. The normalized spacial score (nSPS) is 11.7. The number of anilines is 3. The van der Waals surface area contributed by atoms with Crippen LogP contribution in [0.2, 0.25) is 0 Å². The Hall–Kier alpha value is -4.50. The Bertz CT molecular complexity index is 1540. The molecule has 42 heavy (non-hydrogen) atoms. The van der Waals surface area contributed by atoms with Gasteiger partial charge in [-0.05, 0) is 32.3 Å². The zero-order chi connectivity index (χ0) is 30.4. The number of halogens is 3. The molecule has 1 N–H and O–H groups in total. The van der Waals surface area contributed by atoms with E-state index in [0.717, 1.165) is 4.57 Å². The van der Waals surface area contributed by atoms with Crippen LogP contribution in [0.4, 0.5) is 36.2 Å². The smallest absolute Gasteiger partial charge is 0.406 e. The van der Waals surface area contributed by atoms with E-state index in [4.69, 9.17) is 9.47 Å². The van der Waals surface area contributed by atoms with Gasteiger partial charge in [-0.1, -0.05) is 12.1 Å². The van der Waals surface area contributed by atoms with E-state index in [-0.39, 0.29) is 47.8 Å². The van der Waals surface area contributed by atoms with Crippen molar-refractivity contribution in [1.29, 1.82) is 0 Å². The second-order valence-electron chi connectivity index (χ2n) is 9.68. The second-order valence-corrected chi connectivity index (χ2v) is 9.68. The Balaban J connectivity index is 1.75. The van der Waals surface area contributed by atoms with Gasteiger partial charge in [0.2, 0.25) is 5.95 Å². The van der Waals surface area contributed by atoms with Gasteiger partial charge in [-0.3, -0.25) is 10.1 Å². The molecule has 0 atom stereocenters. The third-order valence-corrected chi connectivity index (χ3v) is 6.24. The number of imidazole rings is 1. The van der Waals surface area contributed by atoms with Gasteiger partial charge in [0, 0.05) is 45.6 Å². The lowest BCUT2D eigenvalue weighted by Gasteiger charge is -2.23. The van der Waals surface area contributed by atoms with Gasteiger partial charge in [0.25, 0.3) is 5.69 Å². The zero-order valence-electron chi connectivity index (χ0n) is 23.6. The van der Waals surface area contributed by atoms with Gasteiger partial charge in [0.05, 0.1) is 28.3 Å². The fraction of sp³-hybridized carbons (Fsp3) is 0.370. The monoisotopic (exact) mass is 588 g/mol. The van der Waals surface area contributed by atoms with E-state index in [0.29, 0.717) is 29.8 Å². The molecular formula is C27H31F3N8O4. The molecule has 0 radical (unpaired) electrons. The number of nitrogens with zero attached hydrogens (tertiary/aromatic N) is 7. The van der Waals surface area contributed by atoms with Gasteiger partial charge >= 0.3 is 6.18 Å². The van der Waals surface area contributed by atoms with Crippen LogP contribution < -0.4 is 15.0 Å². The molecule has 0 aliphatic carbocycles. The maximum absolute atomic E-state index is 13.5. The minimum absolute atomic E-state index is 0.000566. The highest BCUT2D eigenvalue weighted by atomic mass is 19.4. The number of likely N-dealkylation sites (N-methyl/N-ethyl adjacent to an activating group) is 2. The molecule has 0 bridgehead atoms. The molecule has 12 nitrogen and oxygen atoms in total. The summed E-state index contributed by atoms with van der Waals surface area (Å²) in [5.41, 5.74) is 1.17. The summed E-state index contributed by atoms with van der Waals surface area (Å²) in [4.78, 5) is 28.3. The largest absolute Gasteiger partial charge is 0.489 e. The topological polar surface area (TPSA) is 124 Å². The number of hydrogen-bond acceptors (Lipinski definition) is 10. The molecule has 0 aliphatic rings. The molecule has 0 saturated carbocycles. The maximum Gasteiger partial charge on any atom is 0.406 e. The molecule has 0 unspecified atom stereocenters. The average Bonchev–Trinajstić information content (AvgIpc) is 3.29. The maximum atomic E-state index is 13.5. The third kappa shape index (κ3) is 7.41. The fourth-order valence-electron chi connectivity index (χ4n) is 4.21. The minimum Gasteiger partial charge on any atom is -0.489 e. The van der Waals surface area contributed by atoms with Crippen LogP contribution in [0.15, 0.2) is 48.7 Å². The number of nitrogens with one attached hydrogen (secondary N) is 1. The SMILES string of the molecule is COCCOc1cc(N(C)CCN(C)C)c([N+](=O)[O-])cc1Nc1nccc(-c2nc3ccccc3n2CC(F)(F)F)n1. The highest BCUT2D eigenvalue weighted by molar-refractivity contribution is 5.80. The summed E-state index contributed by atoms with van der Waals surface area (Å²) in [5.74, 6) is 0.264. The lowest BCUT2D eigenvalue weighted by atomic mass is 10.2. The number of aromatic nitrogens is 4. The summed E-state index contributed by atoms with van der Waals surface area (Å²) in [7, 11) is 7.07. The lowest BCUT2D eigenvalue weighted by Crippen LogP contribution is -2.29. The predicted octanol–water partition coefficient (Wildman–Crippen LogP) is 4.73. The van der Waals surface area contributed by atoms with E-state index in [1.54, 1.807) is 42.3 Å². The van der Waals surface area contributed by atoms with Crippen LogP contribution >= 0.6 is 0 Å². The number of alkyl halides is 3. The van der Waals surface area contributed by atoms with Crippen molar-refractivity contribution in [2.75, 3.05) is 64.8 Å². The Morgan fingerprint density at radius 2 is 1.83 bits per heavy atom. The first-order valence-corrected chi connectivity index (χ1v) is 12.9. The summed E-state index contributed by atoms with van der Waals surface area (Å²) in [5, 5.41) is 15.0. The van der Waals surface area contributed by atoms with E-state index in [1.165, 1.54) is 25.4 Å². The molecule has 0 amide bonds. The Kier molecular flexibility index (Phi) is 9.42. The van der Waals surface area contributed by atoms with Crippen molar-refractivity contribution >= 4 is 34.0 Å². The van der Waals surface area contributed by atoms with Crippen molar-refractivity contribution in [1.82, 2.24) is 24.4 Å². The Labute approximate surface area is 239 Å². The van der Waals surface area contributed by atoms with E-state index < -0.39 is 17.6 Å². The quantitative estimate of drug-likeness (QED) is 0.133. The van der Waals surface area contributed by atoms with Crippen molar-refractivity contribution in [2.45, 2.75) is 12.7 Å². The lowest BCUT2D eigenvalue weighted by molar-refractivity contribution is -0.384. The van der Waals surface area contributed by atoms with E-state index in [9.17, 15) is 23.3 Å². The molecule has 2 heterocycles. The van der Waals surface area contributed by atoms with Crippen molar-refractivity contribution in [2.24, 2.45) is 0 Å². The number of ether oxygens (including phenoxy) is 2. The van der Waals surface area contributed by atoms with Gasteiger partial charge < -0.3 is 29.2 Å². The molecule has 0 saturated heterocycles. The van der Waals surface area contributed by atoms with Gasteiger partial charge in [-0.15, -0.1) is 0 Å². The first-order valence-electron chi connectivity index (χ1n) is 12.9. The molecule has 4 aromatic rings. The molecule has 0 fully saturated rings. The number of rotatable bonds is 13. The molecule has 15 heteroatoms. The number of hydrogen-bond donors (Lipinski definition) is 1. The molecule has 224 valence electrons. The predicted molar refractivity (Wildman–Crippen MR) is 152 cm³/mol. The average molecular weight is 589 g/mol. The summed E-state index contributed by atoms with van der Waals surface area (Å²) in [6.45, 7) is 0.341. The van der Waals surface area contributed by atoms with Crippen LogP contribution in [-0.4, -0.2) is 90.1 Å². The van der Waals surface area contributed by atoms with Crippen molar-refractivity contribution in [3.63, 3.8) is 0 Å². The van der Waals surface area contributed by atoms with Gasteiger partial charge in [-0.25, -0.2) is 15.0 Å². The van der Waals surface area contributed by atoms with Crippen LogP contribution in [0, 0.1) is 10.1 Å². The van der Waals surface area contributed by atoms with Gasteiger partial charge in [-0.2, -0.15) is 13.2 Å². The van der Waals surface area contributed by atoms with Crippen molar-refractivity contribution in [3.05, 3.63) is 58.8 Å². The number of fused-ring (bicyclic) bond motifs is 1. The van der Waals surface area contributed by atoms with Gasteiger partial charge in [0.1, 0.15) is 30.3 Å². The van der Waals surface area contributed by atoms with Crippen molar-refractivity contribution in [3.8, 4) is 17.3 Å². The Morgan fingerprint density at radius 1 is 1.07 bits per heavy atom. The van der Waals surface area contributed by atoms with Crippen LogP contribution in [0.3, 0.4) is 0 Å². The molecular weight excluding hydrogens is 557 g/mol. The molecule has 0 spiro atoms. The number of benzene rings is 2. The Morgan fingerprint density at radius 3 is 2.52 bits per heavy atom. The van der Waals surface area contributed by atoms with Crippen molar-refractivity contribution < 1.29 is 27.6 Å². The fourth-order valence-corrected chi connectivity index (χ4v) is 4.21. The number of nitro groups is 1. The van der Waals surface area contributed by atoms with Gasteiger partial charge in [0.15, 0.2) is 5.82 Å². The number of para-hydroxylation sites is 2. The standard InChI is InChI=1S/C27H31F3N8O4/c1-35(2)11-12-36(3)22-16-24(42-14-13-41-4)20(15-23(22)38(39)40)34-26-31-10-9-19(33-26)25-32-18-7-5-6-8-21(18)37(25)17-27(28,29)30/h5-10,15-16H,11-14,17H2,1-4H3,(H,31,33,34). The summed E-state index contributed by atoms with van der Waals surface area (Å²) in [6, 6.07) is 10.8. The second kappa shape index (κ2) is 13.0. The van der Waals surface area contributed by atoms with Crippen LogP contribution in [-0.2, 0) is 11.3 Å². The summed E-state index contributed by atoms with van der Waals surface area (Å²) >= 11 is 0. The van der Waals surface area contributed by atoms with E-state index in [1.807, 2.05) is 19.0 Å². The number of nitro benzene ring substituents is 1.